The van der Waals surface area contributed by atoms with Gasteiger partial charge < -0.3 is 15.7 Å². The Morgan fingerprint density at radius 2 is 2.22 bits per heavy atom. The van der Waals surface area contributed by atoms with E-state index in [9.17, 15) is 9.59 Å². The molecule has 0 radical (unpaired) electrons. The lowest BCUT2D eigenvalue weighted by atomic mass is 10.1. The van der Waals surface area contributed by atoms with Crippen molar-refractivity contribution in [2.24, 2.45) is 0 Å². The number of hydrogen-bond donors (Lipinski definition) is 3. The van der Waals surface area contributed by atoms with Crippen LogP contribution in [0.25, 0.3) is 0 Å². The van der Waals surface area contributed by atoms with Gasteiger partial charge >= 0.3 is 12.0 Å². The van der Waals surface area contributed by atoms with Crippen molar-refractivity contribution in [3.8, 4) is 0 Å². The molecule has 1 rings (SSSR count). The second-order valence-corrected chi connectivity index (χ2v) is 7.07. The van der Waals surface area contributed by atoms with Crippen molar-refractivity contribution >= 4 is 33.6 Å². The third-order valence-electron chi connectivity index (χ3n) is 2.68. The van der Waals surface area contributed by atoms with Crippen molar-refractivity contribution in [1.82, 2.24) is 10.6 Å². The zero-order valence-electron chi connectivity index (χ0n) is 10.5. The van der Waals surface area contributed by atoms with Crippen LogP contribution in [0, 0.1) is 0 Å². The van der Waals surface area contributed by atoms with E-state index in [4.69, 9.17) is 5.11 Å². The molecular weight excluding hydrogens is 272 g/mol. The molecule has 1 aliphatic heterocycles. The van der Waals surface area contributed by atoms with Gasteiger partial charge in [-0.1, -0.05) is 28.0 Å². The van der Waals surface area contributed by atoms with Gasteiger partial charge in [0.1, 0.15) is 6.04 Å². The van der Waals surface area contributed by atoms with Gasteiger partial charge in [-0.15, -0.1) is 0 Å². The molecule has 0 bridgehead atoms. The van der Waals surface area contributed by atoms with Crippen molar-refractivity contribution in [3.63, 3.8) is 0 Å². The highest BCUT2D eigenvalue weighted by Gasteiger charge is 2.16. The number of unbranched alkanes of at least 4 members (excludes halogenated alkanes) is 1. The topological polar surface area (TPSA) is 78.4 Å². The molecule has 0 aromatic heterocycles. The SMILES string of the molecule is CC(NC(=O)NCCCCC1CCSS1)C(=O)O. The number of carboxylic acid groups (broad SMARTS) is 1. The Morgan fingerprint density at radius 1 is 1.44 bits per heavy atom. The average molecular weight is 292 g/mol. The fourth-order valence-corrected chi connectivity index (χ4v) is 4.60. The fourth-order valence-electron chi connectivity index (χ4n) is 1.57. The quantitative estimate of drug-likeness (QED) is 0.494. The standard InChI is InChI=1S/C11H20N2O3S2/c1-8(10(14)15)13-11(16)12-6-3-2-4-9-5-7-17-18-9/h8-9H,2-7H2,1H3,(H,14,15)(H2,12,13,16). The van der Waals surface area contributed by atoms with E-state index in [0.29, 0.717) is 6.54 Å². The summed E-state index contributed by atoms with van der Waals surface area (Å²) in [5, 5.41) is 14.4. The summed E-state index contributed by atoms with van der Waals surface area (Å²) >= 11 is 0. The van der Waals surface area contributed by atoms with E-state index in [-0.39, 0.29) is 0 Å². The molecule has 1 heterocycles. The van der Waals surface area contributed by atoms with Crippen LogP contribution in [-0.4, -0.2) is 40.7 Å². The molecule has 18 heavy (non-hydrogen) atoms. The molecule has 0 saturated carbocycles. The van der Waals surface area contributed by atoms with E-state index in [0.717, 1.165) is 18.1 Å². The number of urea groups is 1. The van der Waals surface area contributed by atoms with Crippen LogP contribution in [0.2, 0.25) is 0 Å². The molecule has 1 saturated heterocycles. The Bertz CT molecular complexity index is 283. The van der Waals surface area contributed by atoms with Gasteiger partial charge in [-0.25, -0.2) is 4.79 Å². The zero-order valence-corrected chi connectivity index (χ0v) is 12.1. The molecule has 3 N–H and O–H groups in total. The molecule has 7 heteroatoms. The molecule has 0 aromatic rings. The number of rotatable bonds is 7. The maximum absolute atomic E-state index is 11.3. The monoisotopic (exact) mass is 292 g/mol. The highest BCUT2D eigenvalue weighted by atomic mass is 33.1. The second-order valence-electron chi connectivity index (χ2n) is 4.28. The molecule has 2 unspecified atom stereocenters. The van der Waals surface area contributed by atoms with Gasteiger partial charge in [-0.05, 0) is 26.2 Å². The largest absolute Gasteiger partial charge is 0.480 e. The van der Waals surface area contributed by atoms with Gasteiger partial charge in [0.05, 0.1) is 0 Å². The molecule has 0 spiro atoms. The Kier molecular flexibility index (Phi) is 7.34. The summed E-state index contributed by atoms with van der Waals surface area (Å²) in [4.78, 5) is 21.8. The molecule has 0 aliphatic carbocycles. The maximum atomic E-state index is 11.3. The first kappa shape index (κ1) is 15.5. The number of aliphatic carboxylic acids is 1. The number of hydrogen-bond acceptors (Lipinski definition) is 4. The van der Waals surface area contributed by atoms with E-state index in [1.807, 2.05) is 21.6 Å². The third-order valence-corrected chi connectivity index (χ3v) is 5.69. The van der Waals surface area contributed by atoms with E-state index >= 15 is 0 Å². The first-order valence-corrected chi connectivity index (χ1v) is 8.53. The van der Waals surface area contributed by atoms with Gasteiger partial charge in [-0.3, -0.25) is 4.79 Å². The summed E-state index contributed by atoms with van der Waals surface area (Å²) in [5.74, 6) is 0.226. The Balaban J connectivity index is 1.96. The molecule has 104 valence electrons. The van der Waals surface area contributed by atoms with Gasteiger partial charge in [0.25, 0.3) is 0 Å². The van der Waals surface area contributed by atoms with Crippen LogP contribution in [0.15, 0.2) is 0 Å². The van der Waals surface area contributed by atoms with Gasteiger partial charge in [0.15, 0.2) is 0 Å². The van der Waals surface area contributed by atoms with E-state index < -0.39 is 18.0 Å². The van der Waals surface area contributed by atoms with Crippen LogP contribution in [-0.2, 0) is 4.79 Å². The highest BCUT2D eigenvalue weighted by molar-refractivity contribution is 8.77. The number of carbonyl (C=O) groups excluding carboxylic acids is 1. The highest BCUT2D eigenvalue weighted by Crippen LogP contribution is 2.39. The first-order valence-electron chi connectivity index (χ1n) is 6.15. The lowest BCUT2D eigenvalue weighted by Gasteiger charge is -2.11. The van der Waals surface area contributed by atoms with Crippen LogP contribution in [0.4, 0.5) is 4.79 Å². The van der Waals surface area contributed by atoms with E-state index in [1.165, 1.54) is 25.5 Å². The van der Waals surface area contributed by atoms with Crippen LogP contribution < -0.4 is 10.6 Å². The zero-order chi connectivity index (χ0) is 13.4. The van der Waals surface area contributed by atoms with E-state index in [1.54, 1.807) is 0 Å². The molecule has 1 aliphatic rings. The average Bonchev–Trinajstić information content (AvgIpc) is 2.81. The fraction of sp³-hybridized carbons (Fsp3) is 0.818. The molecule has 2 amide bonds. The summed E-state index contributed by atoms with van der Waals surface area (Å²) < 4.78 is 0. The van der Waals surface area contributed by atoms with Crippen LogP contribution >= 0.6 is 21.6 Å². The number of carboxylic acids is 1. The molecule has 1 fully saturated rings. The van der Waals surface area contributed by atoms with Crippen LogP contribution in [0.3, 0.4) is 0 Å². The normalized spacial score (nSPS) is 20.4. The van der Waals surface area contributed by atoms with Crippen molar-refractivity contribution in [3.05, 3.63) is 0 Å². The smallest absolute Gasteiger partial charge is 0.325 e. The number of carbonyl (C=O) groups is 2. The lowest BCUT2D eigenvalue weighted by molar-refractivity contribution is -0.138. The summed E-state index contributed by atoms with van der Waals surface area (Å²) in [5.41, 5.74) is 0. The van der Waals surface area contributed by atoms with Gasteiger partial charge in [0, 0.05) is 17.5 Å². The van der Waals surface area contributed by atoms with Crippen molar-refractivity contribution in [2.75, 3.05) is 12.3 Å². The van der Waals surface area contributed by atoms with Crippen molar-refractivity contribution in [2.45, 2.75) is 43.9 Å². The minimum absolute atomic E-state index is 0.407. The molecule has 5 nitrogen and oxygen atoms in total. The Hall–Kier alpha value is -0.560. The number of nitrogens with one attached hydrogen (secondary N) is 2. The summed E-state index contributed by atoms with van der Waals surface area (Å²) in [6, 6.07) is -1.26. The van der Waals surface area contributed by atoms with Crippen molar-refractivity contribution < 1.29 is 14.7 Å². The van der Waals surface area contributed by atoms with Crippen LogP contribution in [0.1, 0.15) is 32.6 Å². The maximum Gasteiger partial charge on any atom is 0.325 e. The molecule has 0 aromatic carbocycles. The summed E-state index contributed by atoms with van der Waals surface area (Å²) in [6.07, 6.45) is 4.54. The molecular formula is C11H20N2O3S2. The Morgan fingerprint density at radius 3 is 2.83 bits per heavy atom. The number of amides is 2. The minimum atomic E-state index is -1.03. The predicted octanol–water partition coefficient (Wildman–Crippen LogP) is 2.08. The Labute approximate surface area is 115 Å². The lowest BCUT2D eigenvalue weighted by Crippen LogP contribution is -2.44. The predicted molar refractivity (Wildman–Crippen MR) is 75.9 cm³/mol. The van der Waals surface area contributed by atoms with E-state index in [2.05, 4.69) is 10.6 Å². The van der Waals surface area contributed by atoms with Gasteiger partial charge in [0.2, 0.25) is 0 Å². The minimum Gasteiger partial charge on any atom is -0.480 e. The first-order chi connectivity index (χ1) is 8.59. The molecule has 2 atom stereocenters. The van der Waals surface area contributed by atoms with Crippen LogP contribution in [0.5, 0.6) is 0 Å². The third kappa shape index (κ3) is 6.39. The van der Waals surface area contributed by atoms with Gasteiger partial charge in [-0.2, -0.15) is 0 Å². The summed E-state index contributed by atoms with van der Waals surface area (Å²) in [7, 11) is 3.91. The summed E-state index contributed by atoms with van der Waals surface area (Å²) in [6.45, 7) is 2.04. The van der Waals surface area contributed by atoms with Crippen molar-refractivity contribution in [1.29, 1.82) is 0 Å². The second kappa shape index (κ2) is 8.53.